The molecule has 2 N–H and O–H groups in total. The molecule has 0 radical (unpaired) electrons. The summed E-state index contributed by atoms with van der Waals surface area (Å²) in [5, 5.41) is 6.67. The first-order valence-electron chi connectivity index (χ1n) is 8.20. The number of carbonyl (C=O) groups is 2. The number of hydrogen-bond donors (Lipinski definition) is 2. The van der Waals surface area contributed by atoms with Gasteiger partial charge in [0.15, 0.2) is 5.13 Å². The summed E-state index contributed by atoms with van der Waals surface area (Å²) in [6, 6.07) is 5.94. The molecule has 1 heterocycles. The van der Waals surface area contributed by atoms with E-state index in [1.54, 1.807) is 6.20 Å². The number of amides is 2. The van der Waals surface area contributed by atoms with Gasteiger partial charge in [0, 0.05) is 28.4 Å². The molecule has 0 bridgehead atoms. The molecule has 1 aromatic heterocycles. The van der Waals surface area contributed by atoms with E-state index >= 15 is 0 Å². The zero-order valence-electron chi connectivity index (χ0n) is 14.1. The Morgan fingerprint density at radius 1 is 1.40 bits per heavy atom. The summed E-state index contributed by atoms with van der Waals surface area (Å²) >= 11 is 7.73. The molecule has 2 unspecified atom stereocenters. The lowest BCUT2D eigenvalue weighted by atomic mass is 10.1. The van der Waals surface area contributed by atoms with Gasteiger partial charge in [-0.2, -0.15) is 0 Å². The van der Waals surface area contributed by atoms with Crippen molar-refractivity contribution in [2.24, 2.45) is 11.8 Å². The highest BCUT2D eigenvalue weighted by molar-refractivity contribution is 7.15. The van der Waals surface area contributed by atoms with E-state index in [0.29, 0.717) is 17.5 Å². The molecule has 1 aliphatic carbocycles. The summed E-state index contributed by atoms with van der Waals surface area (Å²) in [6.07, 6.45) is 3.32. The van der Waals surface area contributed by atoms with Gasteiger partial charge in [0.05, 0.1) is 6.54 Å². The predicted octanol–water partition coefficient (Wildman–Crippen LogP) is 3.41. The Morgan fingerprint density at radius 2 is 2.16 bits per heavy atom. The van der Waals surface area contributed by atoms with Crippen molar-refractivity contribution >= 4 is 39.9 Å². The van der Waals surface area contributed by atoms with Crippen LogP contribution in [0.25, 0.3) is 0 Å². The van der Waals surface area contributed by atoms with Crippen LogP contribution in [0, 0.1) is 18.8 Å². The summed E-state index contributed by atoms with van der Waals surface area (Å²) in [7, 11) is 0. The fourth-order valence-electron chi connectivity index (χ4n) is 2.63. The van der Waals surface area contributed by atoms with Crippen molar-refractivity contribution < 1.29 is 9.59 Å². The number of hydrogen-bond acceptors (Lipinski definition) is 4. The van der Waals surface area contributed by atoms with Crippen molar-refractivity contribution in [1.29, 1.82) is 0 Å². The van der Waals surface area contributed by atoms with Crippen molar-refractivity contribution in [3.8, 4) is 0 Å². The standard InChI is InChI=1S/C18H20ClN3O2S/c1-10-4-3-5-12(16(10)19)7-13-8-21-18(25-13)22-15(23)9-20-17(24)14-6-11(14)2/h3-5,8,11,14H,6-7,9H2,1-2H3,(H,20,24)(H,21,22,23). The smallest absolute Gasteiger partial charge is 0.245 e. The first-order chi connectivity index (χ1) is 11.9. The number of carbonyl (C=O) groups excluding carboxylic acids is 2. The number of aromatic nitrogens is 1. The molecule has 5 nitrogen and oxygen atoms in total. The molecule has 1 aromatic carbocycles. The zero-order chi connectivity index (χ0) is 18.0. The fraction of sp³-hybridized carbons (Fsp3) is 0.389. The minimum atomic E-state index is -0.267. The highest BCUT2D eigenvalue weighted by Gasteiger charge is 2.38. The number of nitrogens with one attached hydrogen (secondary N) is 2. The van der Waals surface area contributed by atoms with Gasteiger partial charge < -0.3 is 10.6 Å². The van der Waals surface area contributed by atoms with Gasteiger partial charge in [-0.15, -0.1) is 11.3 Å². The van der Waals surface area contributed by atoms with E-state index in [-0.39, 0.29) is 24.3 Å². The first kappa shape index (κ1) is 17.9. The molecule has 0 aliphatic heterocycles. The molecule has 25 heavy (non-hydrogen) atoms. The Hall–Kier alpha value is -1.92. The van der Waals surface area contributed by atoms with E-state index in [0.717, 1.165) is 27.4 Å². The van der Waals surface area contributed by atoms with Crippen LogP contribution in [0.4, 0.5) is 5.13 Å². The van der Waals surface area contributed by atoms with Crippen LogP contribution in [-0.2, 0) is 16.0 Å². The highest BCUT2D eigenvalue weighted by atomic mass is 35.5. The number of anilines is 1. The molecule has 0 spiro atoms. The number of halogens is 1. The molecule has 1 fully saturated rings. The monoisotopic (exact) mass is 377 g/mol. The van der Waals surface area contributed by atoms with Crippen LogP contribution in [0.5, 0.6) is 0 Å². The molecular weight excluding hydrogens is 358 g/mol. The normalized spacial score (nSPS) is 18.7. The molecule has 0 saturated heterocycles. The lowest BCUT2D eigenvalue weighted by Crippen LogP contribution is -2.34. The second-order valence-electron chi connectivity index (χ2n) is 6.44. The topological polar surface area (TPSA) is 71.1 Å². The van der Waals surface area contributed by atoms with Gasteiger partial charge in [0.1, 0.15) is 0 Å². The van der Waals surface area contributed by atoms with Crippen LogP contribution in [0.3, 0.4) is 0 Å². The summed E-state index contributed by atoms with van der Waals surface area (Å²) < 4.78 is 0. The lowest BCUT2D eigenvalue weighted by molar-refractivity contribution is -0.125. The van der Waals surface area contributed by atoms with Crippen molar-refractivity contribution in [2.75, 3.05) is 11.9 Å². The predicted molar refractivity (Wildman–Crippen MR) is 100 cm³/mol. The van der Waals surface area contributed by atoms with Crippen molar-refractivity contribution in [2.45, 2.75) is 26.7 Å². The summed E-state index contributed by atoms with van der Waals surface area (Å²) in [5.74, 6) is 0.184. The first-order valence-corrected chi connectivity index (χ1v) is 9.39. The summed E-state index contributed by atoms with van der Waals surface area (Å²) in [5.41, 5.74) is 2.08. The second kappa shape index (κ2) is 7.54. The minimum absolute atomic E-state index is 0.0271. The van der Waals surface area contributed by atoms with Crippen LogP contribution in [0.1, 0.15) is 29.3 Å². The van der Waals surface area contributed by atoms with Gasteiger partial charge in [-0.05, 0) is 30.4 Å². The van der Waals surface area contributed by atoms with E-state index in [4.69, 9.17) is 11.6 Å². The van der Waals surface area contributed by atoms with Gasteiger partial charge >= 0.3 is 0 Å². The van der Waals surface area contributed by atoms with Crippen LogP contribution in [0.15, 0.2) is 24.4 Å². The highest BCUT2D eigenvalue weighted by Crippen LogP contribution is 2.37. The fourth-order valence-corrected chi connectivity index (χ4v) is 3.67. The number of thiazole rings is 1. The Bertz CT molecular complexity index is 805. The average molecular weight is 378 g/mol. The molecular formula is C18H20ClN3O2S. The molecule has 132 valence electrons. The van der Waals surface area contributed by atoms with Crippen molar-refractivity contribution in [3.63, 3.8) is 0 Å². The molecule has 2 atom stereocenters. The van der Waals surface area contributed by atoms with Crippen LogP contribution < -0.4 is 10.6 Å². The van der Waals surface area contributed by atoms with E-state index < -0.39 is 0 Å². The molecule has 2 amide bonds. The van der Waals surface area contributed by atoms with Crippen molar-refractivity contribution in [3.05, 3.63) is 45.4 Å². The number of aryl methyl sites for hydroxylation is 1. The van der Waals surface area contributed by atoms with Crippen molar-refractivity contribution in [1.82, 2.24) is 10.3 Å². The van der Waals surface area contributed by atoms with Gasteiger partial charge in [-0.1, -0.05) is 36.7 Å². The molecule has 1 aliphatic rings. The Labute approximate surface area is 155 Å². The van der Waals surface area contributed by atoms with E-state index in [1.807, 2.05) is 32.0 Å². The maximum absolute atomic E-state index is 11.9. The molecule has 3 rings (SSSR count). The summed E-state index contributed by atoms with van der Waals surface area (Å²) in [6.45, 7) is 3.98. The number of nitrogens with zero attached hydrogens (tertiary/aromatic N) is 1. The van der Waals surface area contributed by atoms with Gasteiger partial charge in [-0.25, -0.2) is 4.98 Å². The lowest BCUT2D eigenvalue weighted by Gasteiger charge is -2.05. The van der Waals surface area contributed by atoms with Crippen LogP contribution >= 0.6 is 22.9 Å². The zero-order valence-corrected chi connectivity index (χ0v) is 15.7. The van der Waals surface area contributed by atoms with Gasteiger partial charge in [0.25, 0.3) is 0 Å². The maximum atomic E-state index is 11.9. The largest absolute Gasteiger partial charge is 0.347 e. The van der Waals surface area contributed by atoms with E-state index in [2.05, 4.69) is 15.6 Å². The Morgan fingerprint density at radius 3 is 2.88 bits per heavy atom. The van der Waals surface area contributed by atoms with Gasteiger partial charge in [-0.3, -0.25) is 9.59 Å². The average Bonchev–Trinajstić information content (AvgIpc) is 3.15. The van der Waals surface area contributed by atoms with E-state index in [1.165, 1.54) is 11.3 Å². The third kappa shape index (κ3) is 4.58. The maximum Gasteiger partial charge on any atom is 0.245 e. The number of rotatable bonds is 6. The summed E-state index contributed by atoms with van der Waals surface area (Å²) in [4.78, 5) is 28.9. The quantitative estimate of drug-likeness (QED) is 0.810. The van der Waals surface area contributed by atoms with Crippen LogP contribution in [-0.4, -0.2) is 23.3 Å². The minimum Gasteiger partial charge on any atom is -0.347 e. The molecule has 7 heteroatoms. The second-order valence-corrected chi connectivity index (χ2v) is 7.94. The third-order valence-electron chi connectivity index (χ3n) is 4.31. The molecule has 1 saturated carbocycles. The SMILES string of the molecule is Cc1cccc(Cc2cnc(NC(=O)CNC(=O)C3CC3C)s2)c1Cl. The van der Waals surface area contributed by atoms with Gasteiger partial charge in [0.2, 0.25) is 11.8 Å². The molecule has 2 aromatic rings. The van der Waals surface area contributed by atoms with E-state index in [9.17, 15) is 9.59 Å². The Balaban J connectivity index is 1.52. The third-order valence-corrected chi connectivity index (χ3v) is 5.76. The Kier molecular flexibility index (Phi) is 5.39. The van der Waals surface area contributed by atoms with Crippen LogP contribution in [0.2, 0.25) is 5.02 Å². The number of benzene rings is 1.